The minimum Gasteiger partial charge on any atom is -0.493 e. The molecular weight excluding hydrogens is 423 g/mol. The van der Waals surface area contributed by atoms with Crippen molar-refractivity contribution in [1.29, 1.82) is 0 Å². The molecule has 0 bridgehead atoms. The minimum atomic E-state index is -0.519. The van der Waals surface area contributed by atoms with Crippen LogP contribution in [0.3, 0.4) is 0 Å². The molecule has 1 aromatic carbocycles. The Labute approximate surface area is 196 Å². The zero-order valence-corrected chi connectivity index (χ0v) is 20.1. The molecule has 33 heavy (non-hydrogen) atoms. The topological polar surface area (TPSA) is 59.1 Å². The van der Waals surface area contributed by atoms with Crippen molar-refractivity contribution in [2.24, 2.45) is 11.3 Å². The second kappa shape index (κ2) is 9.90. The SMILES string of the molecule is CC(C)OC(=O)N1CCC2(CC1)CC(CCCOc1ccc(C(=O)N(C)C3CC3)c(F)c1)C2. The highest BCUT2D eigenvalue weighted by molar-refractivity contribution is 5.94. The van der Waals surface area contributed by atoms with Crippen LogP contribution in [0.15, 0.2) is 18.2 Å². The fraction of sp³-hybridized carbons (Fsp3) is 0.692. The van der Waals surface area contributed by atoms with Gasteiger partial charge >= 0.3 is 6.09 Å². The van der Waals surface area contributed by atoms with Crippen molar-refractivity contribution in [3.8, 4) is 5.75 Å². The van der Waals surface area contributed by atoms with Crippen molar-refractivity contribution in [3.63, 3.8) is 0 Å². The third kappa shape index (κ3) is 5.79. The summed E-state index contributed by atoms with van der Waals surface area (Å²) in [6.45, 7) is 5.90. The number of hydrogen-bond donors (Lipinski definition) is 0. The summed E-state index contributed by atoms with van der Waals surface area (Å²) in [6.07, 6.45) is 8.34. The highest BCUT2D eigenvalue weighted by Crippen LogP contribution is 2.54. The third-order valence-electron chi connectivity index (χ3n) is 7.47. The minimum absolute atomic E-state index is 0.0744. The van der Waals surface area contributed by atoms with Crippen LogP contribution in [-0.2, 0) is 4.74 Å². The molecule has 7 heteroatoms. The average molecular weight is 461 g/mol. The zero-order valence-electron chi connectivity index (χ0n) is 20.1. The van der Waals surface area contributed by atoms with E-state index in [4.69, 9.17) is 9.47 Å². The van der Waals surface area contributed by atoms with Gasteiger partial charge in [0, 0.05) is 32.2 Å². The van der Waals surface area contributed by atoms with E-state index in [2.05, 4.69) is 0 Å². The van der Waals surface area contributed by atoms with E-state index in [1.807, 2.05) is 18.7 Å². The molecule has 2 aliphatic carbocycles. The van der Waals surface area contributed by atoms with E-state index in [9.17, 15) is 14.0 Å². The number of benzene rings is 1. The fourth-order valence-electron chi connectivity index (χ4n) is 5.36. The van der Waals surface area contributed by atoms with Crippen LogP contribution in [0.5, 0.6) is 5.75 Å². The molecule has 0 radical (unpaired) electrons. The van der Waals surface area contributed by atoms with E-state index >= 15 is 0 Å². The van der Waals surface area contributed by atoms with Crippen LogP contribution in [0.4, 0.5) is 9.18 Å². The number of ether oxygens (including phenoxy) is 2. The average Bonchev–Trinajstić information content (AvgIpc) is 3.60. The number of rotatable bonds is 8. The van der Waals surface area contributed by atoms with Gasteiger partial charge in [0.05, 0.1) is 18.3 Å². The van der Waals surface area contributed by atoms with Crippen molar-refractivity contribution in [1.82, 2.24) is 9.80 Å². The van der Waals surface area contributed by atoms with Gasteiger partial charge in [-0.2, -0.15) is 0 Å². The van der Waals surface area contributed by atoms with E-state index in [0.29, 0.717) is 23.7 Å². The van der Waals surface area contributed by atoms with Crippen molar-refractivity contribution in [2.45, 2.75) is 77.4 Å². The molecule has 1 aliphatic heterocycles. The normalized spacial score (nSPS) is 20.0. The summed E-state index contributed by atoms with van der Waals surface area (Å²) in [7, 11) is 1.73. The van der Waals surface area contributed by atoms with Gasteiger partial charge in [-0.25, -0.2) is 9.18 Å². The van der Waals surface area contributed by atoms with E-state index in [-0.39, 0.29) is 29.7 Å². The predicted molar refractivity (Wildman–Crippen MR) is 124 cm³/mol. The molecule has 6 nitrogen and oxygen atoms in total. The first-order valence-corrected chi connectivity index (χ1v) is 12.4. The molecule has 2 amide bonds. The van der Waals surface area contributed by atoms with Crippen molar-refractivity contribution in [3.05, 3.63) is 29.6 Å². The molecule has 3 aliphatic rings. The number of carbonyl (C=O) groups is 2. The Bertz CT molecular complexity index is 854. The van der Waals surface area contributed by atoms with Gasteiger partial charge < -0.3 is 19.3 Å². The van der Waals surface area contributed by atoms with Gasteiger partial charge in [0.25, 0.3) is 5.91 Å². The lowest BCUT2D eigenvalue weighted by atomic mass is 9.56. The molecule has 1 spiro atoms. The number of likely N-dealkylation sites (tertiary alicyclic amines) is 1. The zero-order chi connectivity index (χ0) is 23.6. The largest absolute Gasteiger partial charge is 0.493 e. The maximum atomic E-state index is 14.4. The Morgan fingerprint density at radius 1 is 1.21 bits per heavy atom. The van der Waals surface area contributed by atoms with Gasteiger partial charge in [0.15, 0.2) is 0 Å². The lowest BCUT2D eigenvalue weighted by Gasteiger charge is -2.52. The molecule has 0 aromatic heterocycles. The Morgan fingerprint density at radius 2 is 1.91 bits per heavy atom. The first kappa shape index (κ1) is 23.8. The summed E-state index contributed by atoms with van der Waals surface area (Å²) in [5, 5.41) is 0. The lowest BCUT2D eigenvalue weighted by Crippen LogP contribution is -2.49. The maximum Gasteiger partial charge on any atom is 0.410 e. The third-order valence-corrected chi connectivity index (χ3v) is 7.47. The van der Waals surface area contributed by atoms with Crippen molar-refractivity contribution >= 4 is 12.0 Å². The van der Waals surface area contributed by atoms with Crippen LogP contribution in [-0.4, -0.2) is 60.7 Å². The molecule has 182 valence electrons. The van der Waals surface area contributed by atoms with Crippen LogP contribution in [0, 0.1) is 17.2 Å². The number of amides is 2. The smallest absolute Gasteiger partial charge is 0.410 e. The number of hydrogen-bond acceptors (Lipinski definition) is 4. The van der Waals surface area contributed by atoms with Gasteiger partial charge in [0.1, 0.15) is 11.6 Å². The molecule has 1 saturated heterocycles. The van der Waals surface area contributed by atoms with E-state index < -0.39 is 5.82 Å². The van der Waals surface area contributed by atoms with E-state index in [1.54, 1.807) is 18.0 Å². The second-order valence-corrected chi connectivity index (χ2v) is 10.5. The number of halogens is 1. The summed E-state index contributed by atoms with van der Waals surface area (Å²) >= 11 is 0. The molecule has 1 aromatic rings. The first-order valence-electron chi connectivity index (χ1n) is 12.4. The molecule has 1 heterocycles. The Balaban J connectivity index is 1.13. The van der Waals surface area contributed by atoms with Crippen LogP contribution >= 0.6 is 0 Å². The standard InChI is InChI=1S/C26H37FN2O4/c1-18(2)33-25(31)29-12-10-26(11-13-29)16-19(17-26)5-4-14-32-21-8-9-22(23(27)15-21)24(30)28(3)20-6-7-20/h8-9,15,18-20H,4-7,10-14,16-17H2,1-3H3. The van der Waals surface area contributed by atoms with E-state index in [0.717, 1.165) is 51.6 Å². The van der Waals surface area contributed by atoms with Crippen molar-refractivity contribution in [2.75, 3.05) is 26.7 Å². The summed E-state index contributed by atoms with van der Waals surface area (Å²) < 4.78 is 25.5. The molecule has 2 saturated carbocycles. The van der Waals surface area contributed by atoms with Crippen LogP contribution in [0.1, 0.15) is 75.6 Å². The molecular formula is C26H37FN2O4. The van der Waals surface area contributed by atoms with Crippen molar-refractivity contribution < 1.29 is 23.5 Å². The summed E-state index contributed by atoms with van der Waals surface area (Å²) in [5.74, 6) is 0.402. The van der Waals surface area contributed by atoms with Crippen LogP contribution in [0.25, 0.3) is 0 Å². The van der Waals surface area contributed by atoms with Crippen LogP contribution in [0.2, 0.25) is 0 Å². The van der Waals surface area contributed by atoms with E-state index in [1.165, 1.54) is 25.0 Å². The quantitative estimate of drug-likeness (QED) is 0.497. The van der Waals surface area contributed by atoms with Gasteiger partial charge in [-0.15, -0.1) is 0 Å². The maximum absolute atomic E-state index is 14.4. The highest BCUT2D eigenvalue weighted by Gasteiger charge is 2.46. The second-order valence-electron chi connectivity index (χ2n) is 10.5. The van der Waals surface area contributed by atoms with Gasteiger partial charge in [-0.1, -0.05) is 0 Å². The molecule has 4 rings (SSSR count). The Kier molecular flexibility index (Phi) is 7.15. The van der Waals surface area contributed by atoms with Crippen LogP contribution < -0.4 is 4.74 Å². The highest BCUT2D eigenvalue weighted by atomic mass is 19.1. The number of piperidine rings is 1. The lowest BCUT2D eigenvalue weighted by molar-refractivity contribution is -0.0203. The molecule has 0 unspecified atom stereocenters. The Morgan fingerprint density at radius 3 is 2.52 bits per heavy atom. The molecule has 3 fully saturated rings. The fourth-order valence-corrected chi connectivity index (χ4v) is 5.36. The van der Waals surface area contributed by atoms with Gasteiger partial charge in [0.2, 0.25) is 0 Å². The summed E-state index contributed by atoms with van der Waals surface area (Å²) in [5.41, 5.74) is 0.513. The number of carbonyl (C=O) groups excluding carboxylic acids is 2. The number of nitrogens with zero attached hydrogens (tertiary/aromatic N) is 2. The van der Waals surface area contributed by atoms with Gasteiger partial charge in [-0.05, 0) is 88.7 Å². The van der Waals surface area contributed by atoms with Gasteiger partial charge in [-0.3, -0.25) is 4.79 Å². The molecule has 0 N–H and O–H groups in total. The Hall–Kier alpha value is -2.31. The monoisotopic (exact) mass is 460 g/mol. The predicted octanol–water partition coefficient (Wildman–Crippen LogP) is 5.26. The first-order chi connectivity index (χ1) is 15.8. The molecule has 0 atom stereocenters. The summed E-state index contributed by atoms with van der Waals surface area (Å²) in [4.78, 5) is 27.9. The summed E-state index contributed by atoms with van der Waals surface area (Å²) in [6, 6.07) is 4.80.